The average molecular weight is 285 g/mol. The fraction of sp³-hybridized carbons (Fsp3) is 0.462. The zero-order valence-corrected chi connectivity index (χ0v) is 11.7. The molecule has 1 rings (SSSR count). The van der Waals surface area contributed by atoms with Crippen molar-refractivity contribution in [3.63, 3.8) is 0 Å². The van der Waals surface area contributed by atoms with E-state index in [2.05, 4.69) is 15.9 Å². The predicted molar refractivity (Wildman–Crippen MR) is 68.1 cm³/mol. The van der Waals surface area contributed by atoms with E-state index in [9.17, 15) is 4.79 Å². The first-order chi connectivity index (χ1) is 7.30. The Balaban J connectivity index is 2.68. The minimum Gasteiger partial charge on any atom is -0.460 e. The Kier molecular flexibility index (Phi) is 4.14. The van der Waals surface area contributed by atoms with Crippen molar-refractivity contribution in [1.82, 2.24) is 0 Å². The third-order valence-electron chi connectivity index (χ3n) is 2.28. The van der Waals surface area contributed by atoms with Gasteiger partial charge in [-0.25, -0.2) is 0 Å². The summed E-state index contributed by atoms with van der Waals surface area (Å²) in [5.74, 6) is -0.174. The van der Waals surface area contributed by atoms with Crippen LogP contribution in [0.5, 0.6) is 0 Å². The summed E-state index contributed by atoms with van der Waals surface area (Å²) in [5, 5.41) is 0. The molecule has 0 unspecified atom stereocenters. The van der Waals surface area contributed by atoms with Gasteiger partial charge in [-0.2, -0.15) is 0 Å². The molecule has 0 atom stereocenters. The first-order valence-electron chi connectivity index (χ1n) is 5.23. The van der Waals surface area contributed by atoms with Gasteiger partial charge in [-0.15, -0.1) is 0 Å². The first-order valence-corrected chi connectivity index (χ1v) is 6.02. The van der Waals surface area contributed by atoms with Gasteiger partial charge in [-0.3, -0.25) is 4.79 Å². The SMILES string of the molecule is Cc1ccc(Br)cc1COC(=O)C(C)(C)C. The quantitative estimate of drug-likeness (QED) is 0.771. The number of aryl methyl sites for hydroxylation is 1. The van der Waals surface area contributed by atoms with Crippen LogP contribution >= 0.6 is 15.9 Å². The molecule has 0 radical (unpaired) electrons. The molecule has 0 spiro atoms. The summed E-state index contributed by atoms with van der Waals surface area (Å²) in [4.78, 5) is 11.6. The average Bonchev–Trinajstić information content (AvgIpc) is 2.17. The second kappa shape index (κ2) is 5.00. The molecule has 0 heterocycles. The normalized spacial score (nSPS) is 11.3. The maximum Gasteiger partial charge on any atom is 0.311 e. The summed E-state index contributed by atoms with van der Waals surface area (Å²) in [6.07, 6.45) is 0. The largest absolute Gasteiger partial charge is 0.460 e. The fourth-order valence-corrected chi connectivity index (χ4v) is 1.56. The Labute approximate surface area is 105 Å². The van der Waals surface area contributed by atoms with E-state index in [4.69, 9.17) is 4.74 Å². The molecule has 0 aliphatic heterocycles. The van der Waals surface area contributed by atoms with Crippen LogP contribution < -0.4 is 0 Å². The number of esters is 1. The Bertz CT molecular complexity index is 391. The Hall–Kier alpha value is -0.830. The van der Waals surface area contributed by atoms with E-state index in [0.29, 0.717) is 6.61 Å². The molecule has 0 fully saturated rings. The Morgan fingerprint density at radius 2 is 2.00 bits per heavy atom. The highest BCUT2D eigenvalue weighted by molar-refractivity contribution is 9.10. The highest BCUT2D eigenvalue weighted by Gasteiger charge is 2.23. The monoisotopic (exact) mass is 284 g/mol. The fourth-order valence-electron chi connectivity index (χ4n) is 1.16. The molecule has 0 saturated carbocycles. The molecule has 1 aromatic rings. The van der Waals surface area contributed by atoms with Gasteiger partial charge in [0.15, 0.2) is 0 Å². The molecule has 0 aliphatic rings. The first kappa shape index (κ1) is 13.2. The van der Waals surface area contributed by atoms with Gasteiger partial charge < -0.3 is 4.74 Å². The molecule has 0 amide bonds. The molecule has 2 nitrogen and oxygen atoms in total. The van der Waals surface area contributed by atoms with Gasteiger partial charge in [0.1, 0.15) is 6.61 Å². The second-order valence-corrected chi connectivity index (χ2v) is 5.81. The summed E-state index contributed by atoms with van der Waals surface area (Å²) in [7, 11) is 0. The highest BCUT2D eigenvalue weighted by atomic mass is 79.9. The van der Waals surface area contributed by atoms with E-state index in [1.807, 2.05) is 45.9 Å². The number of carbonyl (C=O) groups excluding carboxylic acids is 1. The van der Waals surface area contributed by atoms with Crippen molar-refractivity contribution in [3.05, 3.63) is 33.8 Å². The molecule has 0 saturated heterocycles. The third kappa shape index (κ3) is 3.63. The number of halogens is 1. The number of ether oxygens (including phenoxy) is 1. The number of rotatable bonds is 2. The van der Waals surface area contributed by atoms with Crippen LogP contribution in [0.2, 0.25) is 0 Å². The van der Waals surface area contributed by atoms with Crippen LogP contribution in [0, 0.1) is 12.3 Å². The molecule has 16 heavy (non-hydrogen) atoms. The topological polar surface area (TPSA) is 26.3 Å². The van der Waals surface area contributed by atoms with Gasteiger partial charge >= 0.3 is 5.97 Å². The summed E-state index contributed by atoms with van der Waals surface area (Å²) < 4.78 is 6.27. The van der Waals surface area contributed by atoms with Crippen molar-refractivity contribution in [3.8, 4) is 0 Å². The lowest BCUT2D eigenvalue weighted by Gasteiger charge is -2.17. The summed E-state index contributed by atoms with van der Waals surface area (Å²) >= 11 is 3.40. The van der Waals surface area contributed by atoms with Gasteiger partial charge in [-0.1, -0.05) is 22.0 Å². The summed E-state index contributed by atoms with van der Waals surface area (Å²) in [6, 6.07) is 5.96. The van der Waals surface area contributed by atoms with Crippen molar-refractivity contribution < 1.29 is 9.53 Å². The van der Waals surface area contributed by atoms with E-state index in [1.54, 1.807) is 0 Å². The van der Waals surface area contributed by atoms with Crippen molar-refractivity contribution in [1.29, 1.82) is 0 Å². The number of carbonyl (C=O) groups is 1. The van der Waals surface area contributed by atoms with Gasteiger partial charge in [0.2, 0.25) is 0 Å². The van der Waals surface area contributed by atoms with E-state index >= 15 is 0 Å². The van der Waals surface area contributed by atoms with Gasteiger partial charge in [0, 0.05) is 4.47 Å². The molecule has 0 N–H and O–H groups in total. The standard InChI is InChI=1S/C13H17BrO2/c1-9-5-6-11(14)7-10(9)8-16-12(15)13(2,3)4/h5-7H,8H2,1-4H3. The number of hydrogen-bond acceptors (Lipinski definition) is 2. The van der Waals surface area contributed by atoms with Crippen LogP contribution in [0.4, 0.5) is 0 Å². The Morgan fingerprint density at radius 3 is 2.56 bits per heavy atom. The summed E-state index contributed by atoms with van der Waals surface area (Å²) in [5.41, 5.74) is 1.72. The minimum absolute atomic E-state index is 0.174. The van der Waals surface area contributed by atoms with E-state index in [0.717, 1.165) is 15.6 Å². The maximum atomic E-state index is 11.6. The van der Waals surface area contributed by atoms with Crippen molar-refractivity contribution in [2.45, 2.75) is 34.3 Å². The molecule has 0 aliphatic carbocycles. The van der Waals surface area contributed by atoms with Gasteiger partial charge in [-0.05, 0) is 51.0 Å². The Morgan fingerprint density at radius 1 is 1.38 bits per heavy atom. The van der Waals surface area contributed by atoms with Crippen LogP contribution in [0.1, 0.15) is 31.9 Å². The van der Waals surface area contributed by atoms with Crippen molar-refractivity contribution in [2.75, 3.05) is 0 Å². The molecular formula is C13H17BrO2. The third-order valence-corrected chi connectivity index (χ3v) is 2.78. The van der Waals surface area contributed by atoms with Crippen LogP contribution in [0.3, 0.4) is 0 Å². The van der Waals surface area contributed by atoms with E-state index in [-0.39, 0.29) is 5.97 Å². The molecule has 3 heteroatoms. The van der Waals surface area contributed by atoms with E-state index < -0.39 is 5.41 Å². The molecule has 0 bridgehead atoms. The lowest BCUT2D eigenvalue weighted by Crippen LogP contribution is -2.22. The van der Waals surface area contributed by atoms with Crippen LogP contribution in [0.15, 0.2) is 22.7 Å². The lowest BCUT2D eigenvalue weighted by molar-refractivity contribution is -0.154. The van der Waals surface area contributed by atoms with Crippen LogP contribution in [0.25, 0.3) is 0 Å². The minimum atomic E-state index is -0.445. The highest BCUT2D eigenvalue weighted by Crippen LogP contribution is 2.20. The van der Waals surface area contributed by atoms with Crippen LogP contribution in [-0.4, -0.2) is 5.97 Å². The predicted octanol–water partition coefficient (Wildman–Crippen LogP) is 3.85. The lowest BCUT2D eigenvalue weighted by atomic mass is 9.97. The summed E-state index contributed by atoms with van der Waals surface area (Å²) in [6.45, 7) is 7.89. The van der Waals surface area contributed by atoms with E-state index in [1.165, 1.54) is 0 Å². The van der Waals surface area contributed by atoms with Crippen molar-refractivity contribution in [2.24, 2.45) is 5.41 Å². The second-order valence-electron chi connectivity index (χ2n) is 4.90. The van der Waals surface area contributed by atoms with Gasteiger partial charge in [0.25, 0.3) is 0 Å². The zero-order valence-electron chi connectivity index (χ0n) is 10.1. The zero-order chi connectivity index (χ0) is 12.3. The molecule has 1 aromatic carbocycles. The smallest absolute Gasteiger partial charge is 0.311 e. The molecular weight excluding hydrogens is 268 g/mol. The number of benzene rings is 1. The van der Waals surface area contributed by atoms with Crippen molar-refractivity contribution >= 4 is 21.9 Å². The van der Waals surface area contributed by atoms with Gasteiger partial charge in [0.05, 0.1) is 5.41 Å². The molecule has 0 aromatic heterocycles. The number of hydrogen-bond donors (Lipinski definition) is 0. The maximum absolute atomic E-state index is 11.6. The molecule has 88 valence electrons. The van der Waals surface area contributed by atoms with Crippen LogP contribution in [-0.2, 0) is 16.1 Å².